The number of rotatable bonds is 5. The Bertz CT molecular complexity index is 464. The monoisotopic (exact) mass is 259 g/mol. The lowest BCUT2D eigenvalue weighted by atomic mass is 10.3. The Kier molecular flexibility index (Phi) is 4.73. The van der Waals surface area contributed by atoms with Crippen LogP contribution in [0.15, 0.2) is 18.2 Å². The number of aliphatic carboxylic acids is 1. The lowest BCUT2D eigenvalue weighted by Gasteiger charge is -2.09. The molecular formula is C11H11F2NO4. The topological polar surface area (TPSA) is 75.6 Å². The lowest BCUT2D eigenvalue weighted by molar-refractivity contribution is -0.150. The van der Waals surface area contributed by atoms with Crippen LogP contribution in [0.4, 0.5) is 14.5 Å². The number of carbonyl (C=O) groups is 2. The Morgan fingerprint density at radius 3 is 2.67 bits per heavy atom. The number of carbonyl (C=O) groups excluding carboxylic acids is 1. The fourth-order valence-electron chi connectivity index (χ4n) is 1.05. The molecule has 0 radical (unpaired) electrons. The summed E-state index contributed by atoms with van der Waals surface area (Å²) in [6.45, 7) is 0.721. The van der Waals surface area contributed by atoms with Gasteiger partial charge < -0.3 is 15.2 Å². The average Bonchev–Trinajstić information content (AvgIpc) is 2.29. The SMILES string of the molecule is C[C@@H](OCC(=O)Nc1ccc(F)cc1F)C(=O)O. The number of benzene rings is 1. The van der Waals surface area contributed by atoms with Gasteiger partial charge in [0.05, 0.1) is 5.69 Å². The summed E-state index contributed by atoms with van der Waals surface area (Å²) in [7, 11) is 0. The second-order valence-electron chi connectivity index (χ2n) is 3.46. The van der Waals surface area contributed by atoms with Crippen LogP contribution in [0.3, 0.4) is 0 Å². The van der Waals surface area contributed by atoms with Gasteiger partial charge in [0.15, 0.2) is 6.10 Å². The van der Waals surface area contributed by atoms with Crippen LogP contribution in [-0.4, -0.2) is 29.7 Å². The summed E-state index contributed by atoms with van der Waals surface area (Å²) in [5.41, 5.74) is -0.201. The summed E-state index contributed by atoms with van der Waals surface area (Å²) in [4.78, 5) is 21.7. The van der Waals surface area contributed by atoms with E-state index < -0.39 is 36.2 Å². The maximum Gasteiger partial charge on any atom is 0.332 e. The first-order valence-corrected chi connectivity index (χ1v) is 4.99. The molecule has 1 aromatic rings. The van der Waals surface area contributed by atoms with Crippen LogP contribution in [0.5, 0.6) is 0 Å². The number of ether oxygens (including phenoxy) is 1. The molecule has 0 bridgehead atoms. The molecule has 18 heavy (non-hydrogen) atoms. The van der Waals surface area contributed by atoms with Gasteiger partial charge in [-0.25, -0.2) is 13.6 Å². The standard InChI is InChI=1S/C11H11F2NO4/c1-6(11(16)17)18-5-10(15)14-9-3-2-7(12)4-8(9)13/h2-4,6H,5H2,1H3,(H,14,15)(H,16,17)/t6-/m1/s1. The molecule has 1 rings (SSSR count). The van der Waals surface area contributed by atoms with Gasteiger partial charge >= 0.3 is 5.97 Å². The van der Waals surface area contributed by atoms with E-state index in [1.807, 2.05) is 0 Å². The normalized spacial score (nSPS) is 11.9. The van der Waals surface area contributed by atoms with Gasteiger partial charge in [-0.2, -0.15) is 0 Å². The van der Waals surface area contributed by atoms with Gasteiger partial charge in [0.25, 0.3) is 0 Å². The molecular weight excluding hydrogens is 248 g/mol. The molecule has 0 unspecified atom stereocenters. The second kappa shape index (κ2) is 6.06. The Balaban J connectivity index is 2.52. The molecule has 0 saturated heterocycles. The molecule has 0 aliphatic carbocycles. The number of carboxylic acids is 1. The van der Waals surface area contributed by atoms with E-state index in [9.17, 15) is 18.4 Å². The summed E-state index contributed by atoms with van der Waals surface area (Å²) in [6, 6.07) is 2.67. The Morgan fingerprint density at radius 1 is 1.44 bits per heavy atom. The predicted molar refractivity (Wildman–Crippen MR) is 58.0 cm³/mol. The van der Waals surface area contributed by atoms with E-state index in [4.69, 9.17) is 9.84 Å². The Labute approximate surface area is 101 Å². The summed E-state index contributed by atoms with van der Waals surface area (Å²) in [5, 5.41) is 10.6. The second-order valence-corrected chi connectivity index (χ2v) is 3.46. The van der Waals surface area contributed by atoms with Crippen molar-refractivity contribution >= 4 is 17.6 Å². The van der Waals surface area contributed by atoms with Crippen molar-refractivity contribution in [2.75, 3.05) is 11.9 Å². The zero-order chi connectivity index (χ0) is 13.7. The van der Waals surface area contributed by atoms with E-state index in [0.29, 0.717) is 6.07 Å². The first-order valence-electron chi connectivity index (χ1n) is 4.99. The third-order valence-electron chi connectivity index (χ3n) is 2.02. The zero-order valence-corrected chi connectivity index (χ0v) is 9.44. The van der Waals surface area contributed by atoms with Gasteiger partial charge in [0.2, 0.25) is 5.91 Å². The summed E-state index contributed by atoms with van der Waals surface area (Å²) in [6.07, 6.45) is -1.14. The highest BCUT2D eigenvalue weighted by atomic mass is 19.1. The molecule has 0 aliphatic heterocycles. The summed E-state index contributed by atoms with van der Waals surface area (Å²) < 4.78 is 30.4. The van der Waals surface area contributed by atoms with Crippen molar-refractivity contribution in [2.24, 2.45) is 0 Å². The van der Waals surface area contributed by atoms with Gasteiger partial charge in [-0.15, -0.1) is 0 Å². The Morgan fingerprint density at radius 2 is 2.11 bits per heavy atom. The van der Waals surface area contributed by atoms with Crippen LogP contribution in [0.1, 0.15) is 6.92 Å². The van der Waals surface area contributed by atoms with E-state index in [1.165, 1.54) is 6.92 Å². The number of hydrogen-bond donors (Lipinski definition) is 2. The molecule has 1 aromatic carbocycles. The molecule has 0 aromatic heterocycles. The molecule has 98 valence electrons. The van der Waals surface area contributed by atoms with Gasteiger partial charge in [-0.05, 0) is 19.1 Å². The molecule has 0 heterocycles. The molecule has 0 fully saturated rings. The van der Waals surface area contributed by atoms with Gasteiger partial charge in [0, 0.05) is 6.07 Å². The molecule has 0 spiro atoms. The van der Waals surface area contributed by atoms with Crippen LogP contribution >= 0.6 is 0 Å². The van der Waals surface area contributed by atoms with E-state index in [2.05, 4.69) is 5.32 Å². The minimum Gasteiger partial charge on any atom is -0.479 e. The van der Waals surface area contributed by atoms with Gasteiger partial charge in [0.1, 0.15) is 18.2 Å². The van der Waals surface area contributed by atoms with Crippen molar-refractivity contribution in [1.82, 2.24) is 0 Å². The van der Waals surface area contributed by atoms with Crippen molar-refractivity contribution in [2.45, 2.75) is 13.0 Å². The van der Waals surface area contributed by atoms with Crippen molar-refractivity contribution in [3.63, 3.8) is 0 Å². The highest BCUT2D eigenvalue weighted by Gasteiger charge is 2.14. The predicted octanol–water partition coefficient (Wildman–Crippen LogP) is 1.39. The van der Waals surface area contributed by atoms with Crippen molar-refractivity contribution in [1.29, 1.82) is 0 Å². The Hall–Kier alpha value is -2.02. The van der Waals surface area contributed by atoms with E-state index >= 15 is 0 Å². The van der Waals surface area contributed by atoms with Crippen LogP contribution in [0.25, 0.3) is 0 Å². The molecule has 5 nitrogen and oxygen atoms in total. The largest absolute Gasteiger partial charge is 0.479 e. The van der Waals surface area contributed by atoms with Crippen LogP contribution in [0.2, 0.25) is 0 Å². The van der Waals surface area contributed by atoms with Gasteiger partial charge in [-0.1, -0.05) is 0 Å². The van der Waals surface area contributed by atoms with E-state index in [1.54, 1.807) is 0 Å². The van der Waals surface area contributed by atoms with Crippen LogP contribution in [-0.2, 0) is 14.3 Å². The first-order chi connectivity index (χ1) is 8.40. The molecule has 0 saturated carbocycles. The minimum absolute atomic E-state index is 0.201. The molecule has 7 heteroatoms. The molecule has 1 amide bonds. The number of anilines is 1. The van der Waals surface area contributed by atoms with Crippen molar-refractivity contribution < 1.29 is 28.2 Å². The smallest absolute Gasteiger partial charge is 0.332 e. The average molecular weight is 259 g/mol. The van der Waals surface area contributed by atoms with Crippen molar-refractivity contribution in [3.05, 3.63) is 29.8 Å². The third kappa shape index (κ3) is 4.10. The maximum absolute atomic E-state index is 13.1. The number of nitrogens with one attached hydrogen (secondary N) is 1. The van der Waals surface area contributed by atoms with Crippen LogP contribution < -0.4 is 5.32 Å². The number of carboxylic acid groups (broad SMARTS) is 1. The fourth-order valence-corrected chi connectivity index (χ4v) is 1.05. The zero-order valence-electron chi connectivity index (χ0n) is 9.44. The lowest BCUT2D eigenvalue weighted by Crippen LogP contribution is -2.26. The van der Waals surface area contributed by atoms with E-state index in [-0.39, 0.29) is 5.69 Å². The highest BCUT2D eigenvalue weighted by Crippen LogP contribution is 2.14. The number of amides is 1. The third-order valence-corrected chi connectivity index (χ3v) is 2.02. The van der Waals surface area contributed by atoms with Crippen molar-refractivity contribution in [3.8, 4) is 0 Å². The van der Waals surface area contributed by atoms with Crippen LogP contribution in [0, 0.1) is 11.6 Å². The molecule has 2 N–H and O–H groups in total. The molecule has 0 aliphatic rings. The first kappa shape index (κ1) is 14.0. The van der Waals surface area contributed by atoms with E-state index in [0.717, 1.165) is 12.1 Å². The summed E-state index contributed by atoms with van der Waals surface area (Å²) in [5.74, 6) is -3.62. The fraction of sp³-hybridized carbons (Fsp3) is 0.273. The summed E-state index contributed by atoms with van der Waals surface area (Å²) >= 11 is 0. The minimum atomic E-state index is -1.21. The highest BCUT2D eigenvalue weighted by molar-refractivity contribution is 5.92. The number of halogens is 2. The van der Waals surface area contributed by atoms with Gasteiger partial charge in [-0.3, -0.25) is 4.79 Å². The quantitative estimate of drug-likeness (QED) is 0.837. The molecule has 1 atom stereocenters. The number of hydrogen-bond acceptors (Lipinski definition) is 3. The maximum atomic E-state index is 13.1.